The third kappa shape index (κ3) is 2.66. The zero-order chi connectivity index (χ0) is 18.7. The van der Waals surface area contributed by atoms with E-state index in [2.05, 4.69) is 37.2 Å². The molecule has 1 saturated heterocycles. The molecule has 4 rings (SSSR count). The number of alkyl halides is 2. The minimum absolute atomic E-state index is 0.138. The molecule has 1 aromatic carbocycles. The first-order valence-electron chi connectivity index (χ1n) is 8.52. The van der Waals surface area contributed by atoms with Crippen molar-refractivity contribution in [1.82, 2.24) is 4.90 Å². The second kappa shape index (κ2) is 6.60. The van der Waals surface area contributed by atoms with Crippen LogP contribution in [-0.2, 0) is 14.4 Å². The predicted octanol–water partition coefficient (Wildman–Crippen LogP) is 3.44. The van der Waals surface area contributed by atoms with Crippen molar-refractivity contribution in [2.24, 2.45) is 23.7 Å². The second-order valence-electron chi connectivity index (χ2n) is 7.23. The molecular formula is C18H17Br2ClN2O3. The van der Waals surface area contributed by atoms with E-state index in [1.807, 2.05) is 0 Å². The molecule has 138 valence electrons. The second-order valence-corrected chi connectivity index (χ2v) is 9.78. The lowest BCUT2D eigenvalue weighted by molar-refractivity contribution is -0.146. The number of nitrogens with one attached hydrogen (secondary N) is 1. The fraction of sp³-hybridized carbons (Fsp3) is 0.500. The Labute approximate surface area is 173 Å². The van der Waals surface area contributed by atoms with Crippen molar-refractivity contribution in [3.8, 4) is 0 Å². The molecule has 1 N–H and O–H groups in total. The normalized spacial score (nSPS) is 36.4. The number of halogens is 3. The Morgan fingerprint density at radius 1 is 1.19 bits per heavy atom. The summed E-state index contributed by atoms with van der Waals surface area (Å²) in [5.41, 5.74) is 0.537. The lowest BCUT2D eigenvalue weighted by Crippen LogP contribution is -2.46. The summed E-state index contributed by atoms with van der Waals surface area (Å²) in [6.45, 7) is 1.59. The Kier molecular flexibility index (Phi) is 4.68. The molecule has 2 aliphatic carbocycles. The molecule has 3 amide bonds. The highest BCUT2D eigenvalue weighted by atomic mass is 79.9. The number of nitrogens with zero attached hydrogens (tertiary/aromatic N) is 1. The monoisotopic (exact) mass is 502 g/mol. The number of fused-ring (bicyclic) bond motifs is 5. The fourth-order valence-electron chi connectivity index (χ4n) is 4.68. The van der Waals surface area contributed by atoms with E-state index in [1.165, 1.54) is 4.90 Å². The maximum atomic E-state index is 13.0. The van der Waals surface area contributed by atoms with Crippen LogP contribution in [0, 0.1) is 23.7 Å². The highest BCUT2D eigenvalue weighted by Crippen LogP contribution is 2.60. The number of hydrogen-bond donors (Lipinski definition) is 1. The molecule has 0 radical (unpaired) electrons. The van der Waals surface area contributed by atoms with E-state index < -0.39 is 11.9 Å². The molecule has 1 aliphatic heterocycles. The SMILES string of the molecule is C[C@H](C(=O)Nc1cccc(Cl)c1)N1C(=O)[C@@H]2[C@H]3C[C@@H]([C@H](Br)[C@H]3Br)[C@@H]2C1=O. The topological polar surface area (TPSA) is 66.5 Å². The molecular weight excluding hydrogens is 487 g/mol. The standard InChI is InChI=1S/C18H17Br2ClN2O3/c1-7(16(24)22-9-4-2-3-8(21)5-9)23-17(25)12-10-6-11(13(12)18(23)26)15(20)14(10)19/h2-5,7,10-15H,6H2,1H3,(H,22,24)/t7-,10-,11-,12-,13+,14+,15+/m1/s1. The number of carbonyl (C=O) groups is 3. The van der Waals surface area contributed by atoms with E-state index >= 15 is 0 Å². The van der Waals surface area contributed by atoms with Gasteiger partial charge in [0.25, 0.3) is 0 Å². The third-order valence-electron chi connectivity index (χ3n) is 5.88. The van der Waals surface area contributed by atoms with Gasteiger partial charge in [0, 0.05) is 20.4 Å². The van der Waals surface area contributed by atoms with Gasteiger partial charge in [-0.1, -0.05) is 49.5 Å². The highest BCUT2D eigenvalue weighted by Gasteiger charge is 2.67. The van der Waals surface area contributed by atoms with E-state index in [-0.39, 0.29) is 45.1 Å². The first-order valence-corrected chi connectivity index (χ1v) is 10.7. The Bertz CT molecular complexity index is 772. The summed E-state index contributed by atoms with van der Waals surface area (Å²) in [6, 6.07) is 5.91. The van der Waals surface area contributed by atoms with Crippen LogP contribution in [-0.4, -0.2) is 38.3 Å². The summed E-state index contributed by atoms with van der Waals surface area (Å²) in [4.78, 5) is 40.1. The number of benzene rings is 1. The van der Waals surface area contributed by atoms with Gasteiger partial charge in [-0.2, -0.15) is 0 Å². The van der Waals surface area contributed by atoms with Crippen LogP contribution in [0.1, 0.15) is 13.3 Å². The van der Waals surface area contributed by atoms with Gasteiger partial charge in [0.05, 0.1) is 11.8 Å². The van der Waals surface area contributed by atoms with Crippen LogP contribution in [0.2, 0.25) is 5.02 Å². The first kappa shape index (κ1) is 18.4. The van der Waals surface area contributed by atoms with E-state index in [1.54, 1.807) is 31.2 Å². The smallest absolute Gasteiger partial charge is 0.247 e. The summed E-state index contributed by atoms with van der Waals surface area (Å²) in [6.07, 6.45) is 0.871. The van der Waals surface area contributed by atoms with Crippen molar-refractivity contribution < 1.29 is 14.4 Å². The highest BCUT2D eigenvalue weighted by molar-refractivity contribution is 9.12. The minimum Gasteiger partial charge on any atom is -0.324 e. The summed E-state index contributed by atoms with van der Waals surface area (Å²) in [5.74, 6) is -1.18. The summed E-state index contributed by atoms with van der Waals surface area (Å²) < 4.78 is 0. The van der Waals surface area contributed by atoms with Gasteiger partial charge in [0.15, 0.2) is 0 Å². The van der Waals surface area contributed by atoms with Crippen molar-refractivity contribution in [2.45, 2.75) is 29.0 Å². The summed E-state index contributed by atoms with van der Waals surface area (Å²) >= 11 is 13.3. The number of carbonyl (C=O) groups excluding carboxylic acids is 3. The fourth-order valence-corrected chi connectivity index (χ4v) is 6.75. The number of likely N-dealkylation sites (tertiary alicyclic amines) is 1. The van der Waals surface area contributed by atoms with E-state index in [0.717, 1.165) is 6.42 Å². The molecule has 3 aliphatic rings. The van der Waals surface area contributed by atoms with Gasteiger partial charge >= 0.3 is 0 Å². The van der Waals surface area contributed by atoms with Crippen LogP contribution in [0.4, 0.5) is 5.69 Å². The molecule has 5 nitrogen and oxygen atoms in total. The predicted molar refractivity (Wildman–Crippen MR) is 105 cm³/mol. The maximum absolute atomic E-state index is 13.0. The van der Waals surface area contributed by atoms with Gasteiger partial charge in [-0.25, -0.2) is 0 Å². The average molecular weight is 505 g/mol. The quantitative estimate of drug-likeness (QED) is 0.507. The molecule has 26 heavy (non-hydrogen) atoms. The van der Waals surface area contributed by atoms with Crippen LogP contribution in [0.15, 0.2) is 24.3 Å². The van der Waals surface area contributed by atoms with Gasteiger partial charge in [0.1, 0.15) is 6.04 Å². The Morgan fingerprint density at radius 2 is 1.77 bits per heavy atom. The number of imide groups is 1. The van der Waals surface area contributed by atoms with Crippen LogP contribution >= 0.6 is 43.5 Å². The minimum atomic E-state index is -0.860. The van der Waals surface area contributed by atoms with Gasteiger partial charge in [-0.3, -0.25) is 19.3 Å². The zero-order valence-corrected chi connectivity index (χ0v) is 17.8. The lowest BCUT2D eigenvalue weighted by Gasteiger charge is -2.28. The van der Waals surface area contributed by atoms with Crippen LogP contribution in [0.5, 0.6) is 0 Å². The van der Waals surface area contributed by atoms with E-state index in [0.29, 0.717) is 10.7 Å². The molecule has 2 saturated carbocycles. The number of rotatable bonds is 3. The van der Waals surface area contributed by atoms with Gasteiger partial charge in [0.2, 0.25) is 17.7 Å². The van der Waals surface area contributed by atoms with Crippen molar-refractivity contribution in [1.29, 1.82) is 0 Å². The Hall–Kier alpha value is -0.920. The zero-order valence-electron chi connectivity index (χ0n) is 13.9. The van der Waals surface area contributed by atoms with Crippen LogP contribution in [0.3, 0.4) is 0 Å². The molecule has 2 bridgehead atoms. The maximum Gasteiger partial charge on any atom is 0.247 e. The Morgan fingerprint density at radius 3 is 2.31 bits per heavy atom. The summed E-state index contributed by atoms with van der Waals surface area (Å²) in [7, 11) is 0. The largest absolute Gasteiger partial charge is 0.324 e. The van der Waals surface area contributed by atoms with Crippen LogP contribution in [0.25, 0.3) is 0 Å². The van der Waals surface area contributed by atoms with Crippen molar-refractivity contribution in [3.63, 3.8) is 0 Å². The van der Waals surface area contributed by atoms with Crippen molar-refractivity contribution in [3.05, 3.63) is 29.3 Å². The van der Waals surface area contributed by atoms with Crippen molar-refractivity contribution in [2.75, 3.05) is 5.32 Å². The van der Waals surface area contributed by atoms with Gasteiger partial charge < -0.3 is 5.32 Å². The molecule has 8 heteroatoms. The number of amides is 3. The third-order valence-corrected chi connectivity index (χ3v) is 9.32. The Balaban J connectivity index is 1.54. The molecule has 1 heterocycles. The molecule has 7 atom stereocenters. The van der Waals surface area contributed by atoms with E-state index in [9.17, 15) is 14.4 Å². The molecule has 0 spiro atoms. The lowest BCUT2D eigenvalue weighted by atomic mass is 9.81. The molecule has 0 unspecified atom stereocenters. The molecule has 0 aromatic heterocycles. The molecule has 3 fully saturated rings. The van der Waals surface area contributed by atoms with Gasteiger partial charge in [-0.15, -0.1) is 0 Å². The van der Waals surface area contributed by atoms with Crippen molar-refractivity contribution >= 4 is 66.9 Å². The number of anilines is 1. The number of hydrogen-bond acceptors (Lipinski definition) is 3. The first-order chi connectivity index (χ1) is 12.3. The van der Waals surface area contributed by atoms with Crippen LogP contribution < -0.4 is 5.32 Å². The summed E-state index contributed by atoms with van der Waals surface area (Å²) in [5, 5.41) is 3.24. The van der Waals surface area contributed by atoms with Gasteiger partial charge in [-0.05, 0) is 43.4 Å². The average Bonchev–Trinajstić information content (AvgIpc) is 3.19. The molecule has 1 aromatic rings. The van der Waals surface area contributed by atoms with E-state index in [4.69, 9.17) is 11.6 Å².